The third kappa shape index (κ3) is 7.52. The van der Waals surface area contributed by atoms with Crippen molar-refractivity contribution in [2.24, 2.45) is 5.92 Å². The van der Waals surface area contributed by atoms with Gasteiger partial charge in [0.1, 0.15) is 0 Å². The Bertz CT molecular complexity index is 1870. The molecule has 0 aliphatic heterocycles. The zero-order valence-corrected chi connectivity index (χ0v) is 30.3. The summed E-state index contributed by atoms with van der Waals surface area (Å²) in [5.74, 6) is 1.36. The summed E-state index contributed by atoms with van der Waals surface area (Å²) in [5, 5.41) is 3.58. The largest absolute Gasteiger partial charge is 0.486 e. The number of hydrogen-bond acceptors (Lipinski definition) is 4. The molecule has 0 N–H and O–H groups in total. The van der Waals surface area contributed by atoms with Crippen molar-refractivity contribution in [2.45, 2.75) is 71.5 Å². The Hall–Kier alpha value is -3.44. The molecule has 0 unspecified atom stereocenters. The van der Waals surface area contributed by atoms with Gasteiger partial charge in [-0.2, -0.15) is 0 Å². The first-order chi connectivity index (χ1) is 21.3. The Kier molecular flexibility index (Phi) is 10.5. The number of pyridine rings is 3. The molecule has 0 bridgehead atoms. The van der Waals surface area contributed by atoms with Gasteiger partial charge in [-0.1, -0.05) is 93.4 Å². The maximum absolute atomic E-state index is 6.03. The maximum Gasteiger partial charge on any atom is 0.216 e. The van der Waals surface area contributed by atoms with E-state index in [9.17, 15) is 0 Å². The molecular weight excluding hydrogens is 747 g/mol. The van der Waals surface area contributed by atoms with Gasteiger partial charge in [0.2, 0.25) is 5.71 Å². The summed E-state index contributed by atoms with van der Waals surface area (Å²) in [7, 11) is -1.34. The van der Waals surface area contributed by atoms with E-state index in [-0.39, 0.29) is 20.1 Å². The van der Waals surface area contributed by atoms with Crippen LogP contribution < -0.4 is 5.19 Å². The van der Waals surface area contributed by atoms with Crippen molar-refractivity contribution in [3.05, 3.63) is 109 Å². The zero-order valence-electron chi connectivity index (χ0n) is 26.9. The Morgan fingerprint density at radius 3 is 2.40 bits per heavy atom. The van der Waals surface area contributed by atoms with E-state index in [4.69, 9.17) is 4.42 Å². The summed E-state index contributed by atoms with van der Waals surface area (Å²) >= 11 is 0. The molecular formula is C39H41IrN3OSi-2. The van der Waals surface area contributed by atoms with E-state index in [1.807, 2.05) is 48.7 Å². The number of hydrogen-bond donors (Lipinski definition) is 0. The summed E-state index contributed by atoms with van der Waals surface area (Å²) in [5.41, 5.74) is 8.25. The van der Waals surface area contributed by atoms with E-state index >= 15 is 0 Å². The van der Waals surface area contributed by atoms with Gasteiger partial charge in [-0.25, -0.2) is 4.98 Å². The van der Waals surface area contributed by atoms with Crippen LogP contribution in [-0.4, -0.2) is 23.0 Å². The molecule has 0 atom stereocenters. The van der Waals surface area contributed by atoms with Crippen LogP contribution in [0.25, 0.3) is 44.6 Å². The van der Waals surface area contributed by atoms with Gasteiger partial charge in [-0.3, -0.25) is 0 Å². The molecule has 0 saturated heterocycles. The van der Waals surface area contributed by atoms with Gasteiger partial charge < -0.3 is 14.4 Å². The first kappa shape index (κ1) is 32.9. The topological polar surface area (TPSA) is 51.8 Å². The van der Waals surface area contributed by atoms with Crippen molar-refractivity contribution in [3.8, 4) is 22.5 Å². The van der Waals surface area contributed by atoms with E-state index in [0.717, 1.165) is 51.2 Å². The van der Waals surface area contributed by atoms with Crippen LogP contribution >= 0.6 is 0 Å². The van der Waals surface area contributed by atoms with Crippen LogP contribution in [0.1, 0.15) is 56.6 Å². The Morgan fingerprint density at radius 1 is 0.844 bits per heavy atom. The average molecular weight is 788 g/mol. The third-order valence-electron chi connectivity index (χ3n) is 8.64. The minimum atomic E-state index is -1.34. The van der Waals surface area contributed by atoms with Crippen LogP contribution in [0.15, 0.2) is 89.7 Å². The predicted octanol–water partition coefficient (Wildman–Crippen LogP) is 9.79. The van der Waals surface area contributed by atoms with Crippen molar-refractivity contribution in [3.63, 3.8) is 0 Å². The summed E-state index contributed by atoms with van der Waals surface area (Å²) in [4.78, 5) is 13.6. The molecule has 4 aromatic heterocycles. The molecule has 1 aliphatic carbocycles. The minimum absolute atomic E-state index is 0. The molecule has 233 valence electrons. The normalized spacial score (nSPS) is 13.6. The van der Waals surface area contributed by atoms with Gasteiger partial charge in [-0.05, 0) is 53.0 Å². The summed E-state index contributed by atoms with van der Waals surface area (Å²) in [6, 6.07) is 29.2. The molecule has 4 heterocycles. The van der Waals surface area contributed by atoms with Crippen LogP contribution in [0.4, 0.5) is 0 Å². The van der Waals surface area contributed by atoms with Gasteiger partial charge in [0.25, 0.3) is 0 Å². The number of furan rings is 1. The monoisotopic (exact) mass is 788 g/mol. The summed E-state index contributed by atoms with van der Waals surface area (Å²) in [6.45, 7) is 11.7. The minimum Gasteiger partial charge on any atom is -0.486 e. The van der Waals surface area contributed by atoms with Crippen molar-refractivity contribution >= 4 is 35.3 Å². The number of aromatic nitrogens is 3. The van der Waals surface area contributed by atoms with Crippen molar-refractivity contribution in [1.82, 2.24) is 15.0 Å². The average Bonchev–Trinajstić information content (AvgIpc) is 3.69. The van der Waals surface area contributed by atoms with Gasteiger partial charge in [0.15, 0.2) is 0 Å². The predicted molar refractivity (Wildman–Crippen MR) is 185 cm³/mol. The smallest absolute Gasteiger partial charge is 0.216 e. The molecule has 45 heavy (non-hydrogen) atoms. The summed E-state index contributed by atoms with van der Waals surface area (Å²) < 4.78 is 6.03. The fourth-order valence-electron chi connectivity index (χ4n) is 6.33. The molecule has 0 amide bonds. The zero-order chi connectivity index (χ0) is 30.7. The van der Waals surface area contributed by atoms with E-state index in [2.05, 4.69) is 91.0 Å². The second-order valence-corrected chi connectivity index (χ2v) is 18.3. The van der Waals surface area contributed by atoms with E-state index in [1.54, 1.807) is 6.20 Å². The molecule has 6 heteroatoms. The third-order valence-corrected chi connectivity index (χ3v) is 10.7. The summed E-state index contributed by atoms with van der Waals surface area (Å²) in [6.07, 6.45) is 12.4. The van der Waals surface area contributed by atoms with Gasteiger partial charge in [-0.15, -0.1) is 54.1 Å². The molecule has 0 spiro atoms. The van der Waals surface area contributed by atoms with Crippen LogP contribution in [0.2, 0.25) is 19.6 Å². The Morgan fingerprint density at radius 2 is 1.67 bits per heavy atom. The molecule has 1 aliphatic rings. The standard InChI is InChI=1S/C22H19N2O.C17H22NSi.Ir/c1-2-6-15(5-1)13-16-10-12-23-20(14-16)19-8-3-7-17-18-9-4-11-24-22(18)25-21(17)19;1-13(2)15-11-16(14-9-7-6-8-10-14)18-12-17(15)19(3,4)5;/h3-4,7,9-12,14-15H,1-2,5-6,13H2;6-9,11-13H,1-5H3;/q2*-1;. The molecule has 6 aromatic rings. The van der Waals surface area contributed by atoms with Crippen LogP contribution in [0.3, 0.4) is 0 Å². The first-order valence-electron chi connectivity index (χ1n) is 15.9. The van der Waals surface area contributed by atoms with Crippen molar-refractivity contribution in [2.75, 3.05) is 0 Å². The first-order valence-corrected chi connectivity index (χ1v) is 19.4. The van der Waals surface area contributed by atoms with Crippen molar-refractivity contribution < 1.29 is 24.5 Å². The second kappa shape index (κ2) is 14.3. The Labute approximate surface area is 282 Å². The molecule has 1 saturated carbocycles. The molecule has 1 radical (unpaired) electrons. The van der Waals surface area contributed by atoms with Crippen molar-refractivity contribution in [1.29, 1.82) is 0 Å². The van der Waals surface area contributed by atoms with E-state index < -0.39 is 8.07 Å². The number of fused-ring (bicyclic) bond motifs is 3. The number of benzene rings is 2. The van der Waals surface area contributed by atoms with Crippen LogP contribution in [0, 0.1) is 18.1 Å². The van der Waals surface area contributed by atoms with Crippen LogP contribution in [0.5, 0.6) is 0 Å². The fraction of sp³-hybridized carbons (Fsp3) is 0.308. The SMILES string of the molecule is CC(C)c1cc(-c2[c-]cccc2)ncc1[Si](C)(C)C.[Ir].[c-]1ccc2c(oc3ncccc32)c1-c1cc(CC2CCCC2)ccn1. The van der Waals surface area contributed by atoms with Gasteiger partial charge in [0, 0.05) is 44.1 Å². The second-order valence-electron chi connectivity index (χ2n) is 13.3. The quantitative estimate of drug-likeness (QED) is 0.125. The molecule has 1 fully saturated rings. The van der Waals surface area contributed by atoms with Crippen LogP contribution in [-0.2, 0) is 26.5 Å². The van der Waals surface area contributed by atoms with Gasteiger partial charge >= 0.3 is 0 Å². The number of rotatable bonds is 6. The van der Waals surface area contributed by atoms with E-state index in [0.29, 0.717) is 11.6 Å². The molecule has 7 rings (SSSR count). The molecule has 2 aromatic carbocycles. The number of nitrogens with zero attached hydrogens (tertiary/aromatic N) is 3. The van der Waals surface area contributed by atoms with Gasteiger partial charge in [0.05, 0.1) is 13.7 Å². The molecule has 4 nitrogen and oxygen atoms in total. The van der Waals surface area contributed by atoms with E-state index in [1.165, 1.54) is 42.0 Å². The Balaban J connectivity index is 0.000000181. The fourth-order valence-corrected chi connectivity index (χ4v) is 8.01. The maximum atomic E-state index is 6.03.